The number of amides is 1. The molecule has 3 rings (SSSR count). The predicted molar refractivity (Wildman–Crippen MR) is 86.0 cm³/mol. The van der Waals surface area contributed by atoms with Crippen LogP contribution in [0.15, 0.2) is 36.5 Å². The molecule has 8 nitrogen and oxygen atoms in total. The van der Waals surface area contributed by atoms with Crippen LogP contribution in [0.3, 0.4) is 0 Å². The number of benzene rings is 1. The molecule has 2 N–H and O–H groups in total. The lowest BCUT2D eigenvalue weighted by Gasteiger charge is -2.27. The number of aromatic nitrogens is 2. The van der Waals surface area contributed by atoms with Gasteiger partial charge in [0.1, 0.15) is 0 Å². The van der Waals surface area contributed by atoms with Gasteiger partial charge in [-0.15, -0.1) is 0 Å². The van der Waals surface area contributed by atoms with E-state index in [9.17, 15) is 20.0 Å². The van der Waals surface area contributed by atoms with E-state index in [0.29, 0.717) is 5.69 Å². The highest BCUT2D eigenvalue weighted by molar-refractivity contribution is 5.92. The molecule has 1 heterocycles. The summed E-state index contributed by atoms with van der Waals surface area (Å²) in [6, 6.07) is 7.49. The minimum Gasteiger partial charge on any atom is -0.394 e. The van der Waals surface area contributed by atoms with Gasteiger partial charge in [0, 0.05) is 18.3 Å². The number of carbonyl (C=O) groups excluding carboxylic acids is 1. The molecule has 126 valence electrons. The van der Waals surface area contributed by atoms with Crippen LogP contribution in [0.2, 0.25) is 0 Å². The van der Waals surface area contributed by atoms with Gasteiger partial charge in [-0.05, 0) is 31.0 Å². The molecule has 1 fully saturated rings. The van der Waals surface area contributed by atoms with Crippen LogP contribution in [0.5, 0.6) is 0 Å². The van der Waals surface area contributed by atoms with Crippen LogP contribution >= 0.6 is 0 Å². The Bertz CT molecular complexity index is 748. The van der Waals surface area contributed by atoms with Gasteiger partial charge in [-0.1, -0.05) is 12.8 Å². The molecule has 0 atom stereocenters. The minimum absolute atomic E-state index is 0.00464. The van der Waals surface area contributed by atoms with Gasteiger partial charge in [-0.25, -0.2) is 4.68 Å². The van der Waals surface area contributed by atoms with Gasteiger partial charge in [0.05, 0.1) is 22.8 Å². The summed E-state index contributed by atoms with van der Waals surface area (Å²) in [6.45, 7) is -0.0815. The van der Waals surface area contributed by atoms with Crippen LogP contribution in [0.4, 0.5) is 5.69 Å². The summed E-state index contributed by atoms with van der Waals surface area (Å²) in [5, 5.41) is 27.4. The lowest BCUT2D eigenvalue weighted by Crippen LogP contribution is -2.49. The Kier molecular flexibility index (Phi) is 4.30. The van der Waals surface area contributed by atoms with E-state index < -0.39 is 10.5 Å². The third-order valence-electron chi connectivity index (χ3n) is 4.39. The van der Waals surface area contributed by atoms with Crippen LogP contribution in [0, 0.1) is 10.1 Å². The van der Waals surface area contributed by atoms with Crippen molar-refractivity contribution in [2.45, 2.75) is 31.2 Å². The van der Waals surface area contributed by atoms with E-state index >= 15 is 0 Å². The first-order valence-electron chi connectivity index (χ1n) is 7.77. The number of aliphatic hydroxyl groups is 1. The molecule has 1 aliphatic rings. The molecule has 1 aliphatic carbocycles. The monoisotopic (exact) mass is 330 g/mol. The van der Waals surface area contributed by atoms with Crippen molar-refractivity contribution in [3.63, 3.8) is 0 Å². The van der Waals surface area contributed by atoms with Gasteiger partial charge in [-0.3, -0.25) is 14.9 Å². The van der Waals surface area contributed by atoms with Crippen molar-refractivity contribution in [1.82, 2.24) is 15.1 Å². The third kappa shape index (κ3) is 3.13. The molecule has 1 aromatic heterocycles. The van der Waals surface area contributed by atoms with Crippen LogP contribution in [0.1, 0.15) is 36.2 Å². The summed E-state index contributed by atoms with van der Waals surface area (Å²) >= 11 is 0. The summed E-state index contributed by atoms with van der Waals surface area (Å²) in [5.41, 5.74) is 0.314. The van der Waals surface area contributed by atoms with E-state index in [0.717, 1.165) is 25.7 Å². The number of rotatable bonds is 5. The Morgan fingerprint density at radius 1 is 1.29 bits per heavy atom. The maximum Gasteiger partial charge on any atom is 0.272 e. The smallest absolute Gasteiger partial charge is 0.272 e. The standard InChI is InChI=1S/C16H18N4O4/c21-11-16(8-1-2-9-16)17-15(22)14-7-10-19(18-14)12-3-5-13(6-4-12)20(23)24/h3-7,10,21H,1-2,8-9,11H2,(H,17,22). The minimum atomic E-state index is -0.547. The van der Waals surface area contributed by atoms with Gasteiger partial charge < -0.3 is 10.4 Å². The second kappa shape index (κ2) is 6.40. The van der Waals surface area contributed by atoms with Gasteiger partial charge in [0.25, 0.3) is 11.6 Å². The zero-order chi connectivity index (χ0) is 17.2. The first kappa shape index (κ1) is 16.1. The molecular formula is C16H18N4O4. The second-order valence-corrected chi connectivity index (χ2v) is 6.02. The van der Waals surface area contributed by atoms with Crippen molar-refractivity contribution >= 4 is 11.6 Å². The number of nitrogens with zero attached hydrogens (tertiary/aromatic N) is 3. The van der Waals surface area contributed by atoms with E-state index in [1.807, 2.05) is 0 Å². The Labute approximate surface area is 138 Å². The maximum absolute atomic E-state index is 12.4. The Hall–Kier alpha value is -2.74. The van der Waals surface area contributed by atoms with E-state index in [-0.39, 0.29) is 23.9 Å². The van der Waals surface area contributed by atoms with Crippen molar-refractivity contribution in [3.8, 4) is 5.69 Å². The van der Waals surface area contributed by atoms with Gasteiger partial charge >= 0.3 is 0 Å². The fourth-order valence-electron chi connectivity index (χ4n) is 3.00. The molecule has 0 radical (unpaired) electrons. The average Bonchev–Trinajstić information content (AvgIpc) is 3.25. The van der Waals surface area contributed by atoms with Crippen molar-refractivity contribution in [2.24, 2.45) is 0 Å². The first-order valence-corrected chi connectivity index (χ1v) is 7.77. The second-order valence-electron chi connectivity index (χ2n) is 6.02. The van der Waals surface area contributed by atoms with Crippen LogP contribution in [0.25, 0.3) is 5.69 Å². The Morgan fingerprint density at radius 2 is 1.96 bits per heavy atom. The van der Waals surface area contributed by atoms with Crippen molar-refractivity contribution < 1.29 is 14.8 Å². The Balaban J connectivity index is 1.75. The van der Waals surface area contributed by atoms with E-state index in [2.05, 4.69) is 10.4 Å². The Morgan fingerprint density at radius 3 is 2.54 bits per heavy atom. The van der Waals surface area contributed by atoms with Gasteiger partial charge in [-0.2, -0.15) is 5.10 Å². The molecule has 1 saturated carbocycles. The molecule has 0 bridgehead atoms. The molecular weight excluding hydrogens is 312 g/mol. The highest BCUT2D eigenvalue weighted by atomic mass is 16.6. The third-order valence-corrected chi connectivity index (χ3v) is 4.39. The molecule has 0 saturated heterocycles. The fraction of sp³-hybridized carbons (Fsp3) is 0.375. The first-order chi connectivity index (χ1) is 11.5. The van der Waals surface area contributed by atoms with Crippen molar-refractivity contribution in [3.05, 3.63) is 52.3 Å². The molecule has 2 aromatic rings. The van der Waals surface area contributed by atoms with Crippen LogP contribution in [-0.2, 0) is 0 Å². The SMILES string of the molecule is O=C(NC1(CO)CCCC1)c1ccn(-c2ccc([N+](=O)[O-])cc2)n1. The summed E-state index contributed by atoms with van der Waals surface area (Å²) < 4.78 is 1.49. The highest BCUT2D eigenvalue weighted by Crippen LogP contribution is 2.29. The quantitative estimate of drug-likeness (QED) is 0.642. The molecule has 0 aliphatic heterocycles. The van der Waals surface area contributed by atoms with Crippen LogP contribution < -0.4 is 5.32 Å². The fourth-order valence-corrected chi connectivity index (χ4v) is 3.00. The van der Waals surface area contributed by atoms with Crippen molar-refractivity contribution in [2.75, 3.05) is 6.61 Å². The molecule has 1 amide bonds. The lowest BCUT2D eigenvalue weighted by atomic mass is 9.99. The zero-order valence-electron chi connectivity index (χ0n) is 13.0. The average molecular weight is 330 g/mol. The summed E-state index contributed by atoms with van der Waals surface area (Å²) in [7, 11) is 0. The highest BCUT2D eigenvalue weighted by Gasteiger charge is 2.35. The summed E-state index contributed by atoms with van der Waals surface area (Å²) in [5.74, 6) is -0.327. The zero-order valence-corrected chi connectivity index (χ0v) is 13.0. The van der Waals surface area contributed by atoms with E-state index in [1.165, 1.54) is 16.8 Å². The molecule has 1 aromatic carbocycles. The maximum atomic E-state index is 12.4. The number of hydrogen-bond donors (Lipinski definition) is 2. The number of hydrogen-bond acceptors (Lipinski definition) is 5. The number of carbonyl (C=O) groups is 1. The van der Waals surface area contributed by atoms with Crippen LogP contribution in [-0.4, -0.2) is 37.9 Å². The summed E-state index contributed by atoms with van der Waals surface area (Å²) in [6.07, 6.45) is 5.11. The molecule has 0 unspecified atom stereocenters. The number of non-ortho nitro benzene ring substituents is 1. The summed E-state index contributed by atoms with van der Waals surface area (Å²) in [4.78, 5) is 22.6. The topological polar surface area (TPSA) is 110 Å². The number of nitrogens with one attached hydrogen (secondary N) is 1. The molecule has 8 heteroatoms. The number of nitro groups is 1. The lowest BCUT2D eigenvalue weighted by molar-refractivity contribution is -0.384. The van der Waals surface area contributed by atoms with E-state index in [1.54, 1.807) is 24.4 Å². The van der Waals surface area contributed by atoms with Crippen molar-refractivity contribution in [1.29, 1.82) is 0 Å². The normalized spacial score (nSPS) is 16.0. The van der Waals surface area contributed by atoms with Gasteiger partial charge in [0.15, 0.2) is 5.69 Å². The molecule has 24 heavy (non-hydrogen) atoms. The number of aliphatic hydroxyl groups excluding tert-OH is 1. The largest absolute Gasteiger partial charge is 0.394 e. The predicted octanol–water partition coefficient (Wildman–Crippen LogP) is 1.82. The van der Waals surface area contributed by atoms with E-state index in [4.69, 9.17) is 0 Å². The van der Waals surface area contributed by atoms with Gasteiger partial charge in [0.2, 0.25) is 0 Å². The molecule has 0 spiro atoms. The number of nitro benzene ring substituents is 1.